The maximum atomic E-state index is 11.7. The van der Waals surface area contributed by atoms with Gasteiger partial charge < -0.3 is 10.2 Å². The van der Waals surface area contributed by atoms with Crippen molar-refractivity contribution in [1.82, 2.24) is 10.2 Å². The van der Waals surface area contributed by atoms with Gasteiger partial charge in [0.1, 0.15) is 0 Å². The maximum absolute atomic E-state index is 11.7. The molecule has 0 unspecified atom stereocenters. The van der Waals surface area contributed by atoms with Crippen molar-refractivity contribution in [2.75, 3.05) is 20.6 Å². The molecule has 0 bridgehead atoms. The van der Waals surface area contributed by atoms with Crippen LogP contribution in [0.3, 0.4) is 0 Å². The lowest BCUT2D eigenvalue weighted by Gasteiger charge is -2.32. The Bertz CT molecular complexity index is 173. The van der Waals surface area contributed by atoms with E-state index in [1.54, 1.807) is 0 Å². The molecule has 14 heavy (non-hydrogen) atoms. The summed E-state index contributed by atoms with van der Waals surface area (Å²) in [5.41, 5.74) is -0.0555. The highest BCUT2D eigenvalue weighted by atomic mass is 16.2. The van der Waals surface area contributed by atoms with Gasteiger partial charge in [-0.1, -0.05) is 0 Å². The van der Waals surface area contributed by atoms with Crippen LogP contribution in [0.1, 0.15) is 40.0 Å². The number of carbonyl (C=O) groups is 1. The highest BCUT2D eigenvalue weighted by molar-refractivity contribution is 5.76. The van der Waals surface area contributed by atoms with Gasteiger partial charge in [-0.3, -0.25) is 4.79 Å². The minimum Gasteiger partial charge on any atom is -0.341 e. The van der Waals surface area contributed by atoms with Crippen LogP contribution in [0.5, 0.6) is 0 Å². The molecule has 0 rings (SSSR count). The Kier molecular flexibility index (Phi) is 5.77. The fraction of sp³-hybridized carbons (Fsp3) is 0.909. The van der Waals surface area contributed by atoms with Gasteiger partial charge in [-0.15, -0.1) is 0 Å². The van der Waals surface area contributed by atoms with Crippen LogP contribution in [0.2, 0.25) is 0 Å². The molecule has 3 heteroatoms. The number of amides is 1. The van der Waals surface area contributed by atoms with Crippen molar-refractivity contribution in [2.24, 2.45) is 0 Å². The lowest BCUT2D eigenvalue weighted by atomic mass is 10.1. The number of hydrogen-bond donors (Lipinski definition) is 1. The van der Waals surface area contributed by atoms with Crippen molar-refractivity contribution >= 4 is 5.91 Å². The zero-order chi connectivity index (χ0) is 11.2. The summed E-state index contributed by atoms with van der Waals surface area (Å²) in [4.78, 5) is 13.5. The summed E-state index contributed by atoms with van der Waals surface area (Å²) < 4.78 is 0. The molecule has 3 nitrogen and oxygen atoms in total. The van der Waals surface area contributed by atoms with E-state index in [4.69, 9.17) is 0 Å². The maximum Gasteiger partial charge on any atom is 0.222 e. The molecule has 0 spiro atoms. The molecule has 0 aromatic carbocycles. The predicted molar refractivity (Wildman–Crippen MR) is 60.3 cm³/mol. The van der Waals surface area contributed by atoms with Crippen molar-refractivity contribution in [3.63, 3.8) is 0 Å². The number of rotatable bonds is 5. The topological polar surface area (TPSA) is 32.3 Å². The van der Waals surface area contributed by atoms with Gasteiger partial charge in [0, 0.05) is 19.0 Å². The Morgan fingerprint density at radius 3 is 2.29 bits per heavy atom. The first kappa shape index (κ1) is 13.4. The van der Waals surface area contributed by atoms with Gasteiger partial charge in [-0.25, -0.2) is 0 Å². The molecule has 1 N–H and O–H groups in total. The van der Waals surface area contributed by atoms with Crippen LogP contribution in [0.4, 0.5) is 0 Å². The number of hydrogen-bond acceptors (Lipinski definition) is 2. The third-order valence-electron chi connectivity index (χ3n) is 2.45. The van der Waals surface area contributed by atoms with Crippen LogP contribution in [-0.2, 0) is 4.79 Å². The molecule has 0 aliphatic carbocycles. The lowest BCUT2D eigenvalue weighted by Crippen LogP contribution is -2.42. The van der Waals surface area contributed by atoms with Crippen molar-refractivity contribution in [2.45, 2.75) is 45.6 Å². The molecule has 0 aromatic heterocycles. The van der Waals surface area contributed by atoms with E-state index in [-0.39, 0.29) is 11.4 Å². The van der Waals surface area contributed by atoms with Crippen LogP contribution in [0.25, 0.3) is 0 Å². The van der Waals surface area contributed by atoms with E-state index in [2.05, 4.69) is 26.1 Å². The predicted octanol–water partition coefficient (Wildman–Crippen LogP) is 1.63. The van der Waals surface area contributed by atoms with Crippen molar-refractivity contribution < 1.29 is 4.79 Å². The van der Waals surface area contributed by atoms with Gasteiger partial charge >= 0.3 is 0 Å². The average Bonchev–Trinajstić information content (AvgIpc) is 2.09. The second-order valence-corrected chi connectivity index (χ2v) is 4.68. The van der Waals surface area contributed by atoms with E-state index in [0.29, 0.717) is 6.42 Å². The zero-order valence-corrected chi connectivity index (χ0v) is 10.2. The second-order valence-electron chi connectivity index (χ2n) is 4.68. The molecule has 0 aliphatic rings. The van der Waals surface area contributed by atoms with Crippen LogP contribution in [0, 0.1) is 0 Å². The molecule has 0 radical (unpaired) electrons. The number of nitrogens with zero attached hydrogens (tertiary/aromatic N) is 1. The van der Waals surface area contributed by atoms with Gasteiger partial charge in [0.15, 0.2) is 0 Å². The van der Waals surface area contributed by atoms with E-state index >= 15 is 0 Å². The molecule has 0 saturated heterocycles. The van der Waals surface area contributed by atoms with E-state index in [1.807, 2.05) is 19.0 Å². The Hall–Kier alpha value is -0.570. The van der Waals surface area contributed by atoms with Crippen molar-refractivity contribution in [3.05, 3.63) is 0 Å². The van der Waals surface area contributed by atoms with E-state index in [0.717, 1.165) is 19.4 Å². The van der Waals surface area contributed by atoms with E-state index < -0.39 is 0 Å². The van der Waals surface area contributed by atoms with E-state index in [9.17, 15) is 4.79 Å². The molecule has 84 valence electrons. The monoisotopic (exact) mass is 200 g/mol. The van der Waals surface area contributed by atoms with Crippen LogP contribution >= 0.6 is 0 Å². The van der Waals surface area contributed by atoms with Crippen molar-refractivity contribution in [3.8, 4) is 0 Å². The highest BCUT2D eigenvalue weighted by Gasteiger charge is 2.21. The van der Waals surface area contributed by atoms with Gasteiger partial charge in [-0.2, -0.15) is 0 Å². The first-order chi connectivity index (χ1) is 6.39. The molecule has 0 aromatic rings. The Morgan fingerprint density at radius 1 is 1.29 bits per heavy atom. The summed E-state index contributed by atoms with van der Waals surface area (Å²) >= 11 is 0. The van der Waals surface area contributed by atoms with E-state index in [1.165, 1.54) is 0 Å². The first-order valence-corrected chi connectivity index (χ1v) is 5.31. The largest absolute Gasteiger partial charge is 0.341 e. The summed E-state index contributed by atoms with van der Waals surface area (Å²) in [6.45, 7) is 7.15. The molecular weight excluding hydrogens is 176 g/mol. The molecular formula is C11H24N2O. The fourth-order valence-electron chi connectivity index (χ4n) is 1.12. The quantitative estimate of drug-likeness (QED) is 0.684. The normalized spacial score (nSPS) is 11.5. The fourth-order valence-corrected chi connectivity index (χ4v) is 1.12. The average molecular weight is 200 g/mol. The first-order valence-electron chi connectivity index (χ1n) is 5.31. The molecule has 0 heterocycles. The molecule has 0 saturated carbocycles. The Balaban J connectivity index is 3.74. The molecule has 0 aliphatic heterocycles. The zero-order valence-electron chi connectivity index (χ0n) is 10.2. The molecule has 0 atom stereocenters. The van der Waals surface area contributed by atoms with Crippen LogP contribution < -0.4 is 5.32 Å². The van der Waals surface area contributed by atoms with Crippen molar-refractivity contribution in [1.29, 1.82) is 0 Å². The smallest absolute Gasteiger partial charge is 0.222 e. The third kappa shape index (κ3) is 5.22. The molecule has 0 fully saturated rings. The summed E-state index contributed by atoms with van der Waals surface area (Å²) in [7, 11) is 3.81. The molecule has 1 amide bonds. The highest BCUT2D eigenvalue weighted by Crippen LogP contribution is 2.12. The summed E-state index contributed by atoms with van der Waals surface area (Å²) in [6, 6.07) is 0. The standard InChI is InChI=1S/C11H24N2O/c1-11(2,3)13(5)10(14)8-6-7-9-12-4/h12H,6-9H2,1-5H3. The minimum atomic E-state index is -0.0555. The second kappa shape index (κ2) is 6.02. The number of nitrogens with one attached hydrogen (secondary N) is 1. The lowest BCUT2D eigenvalue weighted by molar-refractivity contribution is -0.134. The number of carbonyl (C=O) groups excluding carboxylic acids is 1. The van der Waals surface area contributed by atoms with Gasteiger partial charge in [0.2, 0.25) is 5.91 Å². The Morgan fingerprint density at radius 2 is 1.86 bits per heavy atom. The van der Waals surface area contributed by atoms with Gasteiger partial charge in [0.05, 0.1) is 0 Å². The van der Waals surface area contributed by atoms with Gasteiger partial charge in [0.25, 0.3) is 0 Å². The number of unbranched alkanes of at least 4 members (excludes halogenated alkanes) is 1. The van der Waals surface area contributed by atoms with Gasteiger partial charge in [-0.05, 0) is 47.2 Å². The Labute approximate surface area is 87.9 Å². The SMILES string of the molecule is CNCCCCC(=O)N(C)C(C)(C)C. The van der Waals surface area contributed by atoms with Crippen LogP contribution in [-0.4, -0.2) is 37.0 Å². The summed E-state index contributed by atoms with van der Waals surface area (Å²) in [5, 5.41) is 3.08. The summed E-state index contributed by atoms with van der Waals surface area (Å²) in [6.07, 6.45) is 2.70. The third-order valence-corrected chi connectivity index (χ3v) is 2.45. The minimum absolute atomic E-state index is 0.0555. The summed E-state index contributed by atoms with van der Waals surface area (Å²) in [5.74, 6) is 0.244. The van der Waals surface area contributed by atoms with Crippen LogP contribution in [0.15, 0.2) is 0 Å².